The Labute approximate surface area is 91.7 Å². The summed E-state index contributed by atoms with van der Waals surface area (Å²) in [4.78, 5) is 13.7. The fourth-order valence-corrected chi connectivity index (χ4v) is 1.47. The lowest BCUT2D eigenvalue weighted by atomic mass is 10.1. The van der Waals surface area contributed by atoms with Gasteiger partial charge >= 0.3 is 12.2 Å². The lowest BCUT2D eigenvalue weighted by Gasteiger charge is -2.03. The van der Waals surface area contributed by atoms with Crippen molar-refractivity contribution in [2.75, 3.05) is 0 Å². The molecule has 0 saturated heterocycles. The third kappa shape index (κ3) is 1.97. The van der Waals surface area contributed by atoms with Crippen LogP contribution in [0.2, 0.25) is 0 Å². The largest absolute Gasteiger partial charge is 0.419 e. The number of fused-ring (bicyclic) bond motifs is 1. The van der Waals surface area contributed by atoms with Crippen LogP contribution in [0.5, 0.6) is 5.75 Å². The van der Waals surface area contributed by atoms with Crippen molar-refractivity contribution >= 4 is 23.0 Å². The number of carbonyl (C=O) groups is 1. The summed E-state index contributed by atoms with van der Waals surface area (Å²) in [6.45, 7) is 0. The van der Waals surface area contributed by atoms with Crippen molar-refractivity contribution in [2.45, 2.75) is 0 Å². The summed E-state index contributed by atoms with van der Waals surface area (Å²) in [6.07, 6.45) is 0.710. The number of rotatable bonds is 2. The monoisotopic (exact) mass is 212 g/mol. The molecule has 0 aliphatic rings. The molecule has 16 heavy (non-hydrogen) atoms. The SMILES string of the molecule is [N-]=[N+]=CC(=O)Oc1cccc2ccccc12. The van der Waals surface area contributed by atoms with Crippen molar-refractivity contribution in [3.63, 3.8) is 0 Å². The molecular weight excluding hydrogens is 204 g/mol. The normalized spacial score (nSPS) is 9.50. The van der Waals surface area contributed by atoms with E-state index < -0.39 is 5.97 Å². The van der Waals surface area contributed by atoms with Gasteiger partial charge in [0.15, 0.2) is 0 Å². The van der Waals surface area contributed by atoms with Gasteiger partial charge in [0, 0.05) is 5.39 Å². The van der Waals surface area contributed by atoms with Crippen molar-refractivity contribution in [1.82, 2.24) is 0 Å². The third-order valence-electron chi connectivity index (χ3n) is 2.12. The molecule has 78 valence electrons. The smallest absolute Gasteiger partial charge is 0.418 e. The van der Waals surface area contributed by atoms with E-state index in [2.05, 4.69) is 4.79 Å². The Kier molecular flexibility index (Phi) is 2.76. The fourth-order valence-electron chi connectivity index (χ4n) is 1.47. The van der Waals surface area contributed by atoms with Crippen molar-refractivity contribution in [3.8, 4) is 5.75 Å². The molecule has 0 fully saturated rings. The van der Waals surface area contributed by atoms with E-state index >= 15 is 0 Å². The van der Waals surface area contributed by atoms with Gasteiger partial charge in [-0.25, -0.2) is 4.79 Å². The summed E-state index contributed by atoms with van der Waals surface area (Å²) in [5.74, 6) is -0.262. The molecule has 0 bridgehead atoms. The average Bonchev–Trinajstić information content (AvgIpc) is 2.30. The molecule has 2 aromatic carbocycles. The highest BCUT2D eigenvalue weighted by molar-refractivity contribution is 6.21. The predicted molar refractivity (Wildman–Crippen MR) is 59.3 cm³/mol. The molecule has 0 saturated carbocycles. The van der Waals surface area contributed by atoms with Gasteiger partial charge in [-0.05, 0) is 11.5 Å². The first-order valence-electron chi connectivity index (χ1n) is 4.68. The molecule has 0 unspecified atom stereocenters. The molecule has 4 heteroatoms. The summed E-state index contributed by atoms with van der Waals surface area (Å²) in [6, 6.07) is 12.9. The van der Waals surface area contributed by atoms with Crippen molar-refractivity contribution in [2.24, 2.45) is 0 Å². The quantitative estimate of drug-likeness (QED) is 0.251. The number of ether oxygens (including phenoxy) is 1. The van der Waals surface area contributed by atoms with Gasteiger partial charge in [-0.3, -0.25) is 0 Å². The van der Waals surface area contributed by atoms with Crippen LogP contribution >= 0.6 is 0 Å². The van der Waals surface area contributed by atoms with Gasteiger partial charge < -0.3 is 10.3 Å². The zero-order valence-electron chi connectivity index (χ0n) is 8.33. The molecule has 0 spiro atoms. The van der Waals surface area contributed by atoms with Gasteiger partial charge in [-0.1, -0.05) is 36.4 Å². The van der Waals surface area contributed by atoms with E-state index in [1.165, 1.54) is 0 Å². The number of benzene rings is 2. The maximum Gasteiger partial charge on any atom is 0.419 e. The molecule has 0 amide bonds. The fraction of sp³-hybridized carbons (Fsp3) is 0. The molecule has 0 heterocycles. The Hall–Kier alpha value is -2.45. The molecule has 0 aliphatic heterocycles. The average molecular weight is 212 g/mol. The number of hydrogen-bond acceptors (Lipinski definition) is 2. The molecule has 0 aromatic heterocycles. The van der Waals surface area contributed by atoms with Crippen LogP contribution in [0, 0.1) is 0 Å². The first-order chi connectivity index (χ1) is 7.81. The minimum absolute atomic E-state index is 0.447. The van der Waals surface area contributed by atoms with Crippen LogP contribution in [0.4, 0.5) is 0 Å². The number of nitrogens with zero attached hydrogens (tertiary/aromatic N) is 2. The van der Waals surface area contributed by atoms with Gasteiger partial charge in [0.2, 0.25) is 0 Å². The van der Waals surface area contributed by atoms with Gasteiger partial charge in [0.05, 0.1) is 0 Å². The summed E-state index contributed by atoms with van der Waals surface area (Å²) in [5.41, 5.74) is 8.20. The second-order valence-electron chi connectivity index (χ2n) is 3.14. The lowest BCUT2D eigenvalue weighted by molar-refractivity contribution is -0.130. The van der Waals surface area contributed by atoms with Crippen molar-refractivity contribution < 1.29 is 14.3 Å². The number of carbonyl (C=O) groups excluding carboxylic acids is 1. The van der Waals surface area contributed by atoms with Crippen LogP contribution < -0.4 is 4.74 Å². The van der Waals surface area contributed by atoms with Crippen LogP contribution in [0.1, 0.15) is 0 Å². The Bertz CT molecular complexity index is 581. The van der Waals surface area contributed by atoms with Crippen LogP contribution in [0.25, 0.3) is 16.3 Å². The zero-order chi connectivity index (χ0) is 11.4. The first-order valence-corrected chi connectivity index (χ1v) is 4.68. The van der Waals surface area contributed by atoms with Crippen molar-refractivity contribution in [3.05, 3.63) is 48.0 Å². The first kappa shape index (κ1) is 10.1. The number of esters is 1. The summed E-state index contributed by atoms with van der Waals surface area (Å²) in [7, 11) is 0. The Morgan fingerprint density at radius 3 is 2.75 bits per heavy atom. The van der Waals surface area contributed by atoms with Gasteiger partial charge in [-0.2, -0.15) is 4.79 Å². The van der Waals surface area contributed by atoms with Crippen molar-refractivity contribution in [1.29, 1.82) is 0 Å². The Morgan fingerprint density at radius 2 is 1.94 bits per heavy atom. The van der Waals surface area contributed by atoms with E-state index in [4.69, 9.17) is 10.3 Å². The van der Waals surface area contributed by atoms with E-state index in [0.29, 0.717) is 12.0 Å². The molecular formula is C12H8N2O2. The highest BCUT2D eigenvalue weighted by atomic mass is 16.5. The van der Waals surface area contributed by atoms with Crippen LogP contribution in [0.3, 0.4) is 0 Å². The van der Waals surface area contributed by atoms with E-state index in [-0.39, 0.29) is 0 Å². The topological polar surface area (TPSA) is 62.7 Å². The van der Waals surface area contributed by atoms with Crippen LogP contribution in [0.15, 0.2) is 42.5 Å². The second kappa shape index (κ2) is 4.38. The summed E-state index contributed by atoms with van der Waals surface area (Å²) in [5, 5.41) is 1.82. The molecule has 0 radical (unpaired) electrons. The molecule has 0 atom stereocenters. The summed E-state index contributed by atoms with van der Waals surface area (Å²) < 4.78 is 5.02. The standard InChI is InChI=1S/C12H8N2O2/c13-14-8-12(15)16-11-7-3-5-9-4-1-2-6-10(9)11/h1-8H. The number of hydrogen-bond donors (Lipinski definition) is 0. The van der Waals surface area contributed by atoms with Gasteiger partial charge in [0.25, 0.3) is 0 Å². The highest BCUT2D eigenvalue weighted by Crippen LogP contribution is 2.24. The molecule has 0 N–H and O–H groups in total. The second-order valence-corrected chi connectivity index (χ2v) is 3.14. The van der Waals surface area contributed by atoms with Crippen LogP contribution in [-0.4, -0.2) is 17.0 Å². The molecule has 4 nitrogen and oxygen atoms in total. The molecule has 0 aliphatic carbocycles. The summed E-state index contributed by atoms with van der Waals surface area (Å²) >= 11 is 0. The van der Waals surface area contributed by atoms with Gasteiger partial charge in [-0.15, -0.1) is 0 Å². The Morgan fingerprint density at radius 1 is 1.19 bits per heavy atom. The maximum absolute atomic E-state index is 11.1. The van der Waals surface area contributed by atoms with Crippen LogP contribution in [-0.2, 0) is 4.79 Å². The molecule has 2 aromatic rings. The molecule has 2 rings (SSSR count). The maximum atomic E-state index is 11.1. The minimum atomic E-state index is -0.709. The third-order valence-corrected chi connectivity index (χ3v) is 2.12. The van der Waals surface area contributed by atoms with E-state index in [9.17, 15) is 4.79 Å². The van der Waals surface area contributed by atoms with Gasteiger partial charge in [0.1, 0.15) is 5.75 Å². The van der Waals surface area contributed by atoms with E-state index in [0.717, 1.165) is 10.8 Å². The van der Waals surface area contributed by atoms with E-state index in [1.807, 2.05) is 30.3 Å². The Balaban J connectivity index is 2.44. The predicted octanol–water partition coefficient (Wildman–Crippen LogP) is 2.05. The highest BCUT2D eigenvalue weighted by Gasteiger charge is 2.08. The zero-order valence-corrected chi connectivity index (χ0v) is 8.33. The van der Waals surface area contributed by atoms with E-state index in [1.54, 1.807) is 12.1 Å². The minimum Gasteiger partial charge on any atom is -0.418 e. The lowest BCUT2D eigenvalue weighted by Crippen LogP contribution is -2.09.